The Kier molecular flexibility index (Phi) is 3.27. The number of likely N-dealkylation sites (tertiary alicyclic amines) is 1. The van der Waals surface area contributed by atoms with Crippen LogP contribution < -0.4 is 0 Å². The third-order valence-electron chi connectivity index (χ3n) is 6.26. The molecule has 0 spiro atoms. The van der Waals surface area contributed by atoms with E-state index in [9.17, 15) is 0 Å². The second kappa shape index (κ2) is 5.49. The molecule has 1 fully saturated rings. The first-order valence-corrected chi connectivity index (χ1v) is 9.20. The summed E-state index contributed by atoms with van der Waals surface area (Å²) in [6, 6.07) is 20.3. The molecule has 5 rings (SSSR count). The highest BCUT2D eigenvalue weighted by Crippen LogP contribution is 2.46. The van der Waals surface area contributed by atoms with Crippen LogP contribution in [0.4, 0.5) is 0 Å². The third kappa shape index (κ3) is 2.13. The number of hydrogen-bond donors (Lipinski definition) is 1. The highest BCUT2D eigenvalue weighted by atomic mass is 15.2. The predicted molar refractivity (Wildman–Crippen MR) is 99.3 cm³/mol. The van der Waals surface area contributed by atoms with E-state index in [0.717, 1.165) is 5.92 Å². The monoisotopic (exact) mass is 316 g/mol. The van der Waals surface area contributed by atoms with Crippen molar-refractivity contribution >= 4 is 10.9 Å². The van der Waals surface area contributed by atoms with Gasteiger partial charge in [-0.2, -0.15) is 0 Å². The minimum Gasteiger partial charge on any atom is -0.358 e. The molecular weight excluding hydrogens is 292 g/mol. The molecule has 24 heavy (non-hydrogen) atoms. The van der Waals surface area contributed by atoms with Crippen molar-refractivity contribution in [2.45, 2.75) is 31.7 Å². The van der Waals surface area contributed by atoms with Crippen LogP contribution in [0.2, 0.25) is 0 Å². The van der Waals surface area contributed by atoms with E-state index >= 15 is 0 Å². The van der Waals surface area contributed by atoms with Gasteiger partial charge in [-0.1, -0.05) is 48.5 Å². The van der Waals surface area contributed by atoms with Gasteiger partial charge in [-0.25, -0.2) is 0 Å². The van der Waals surface area contributed by atoms with E-state index in [1.54, 1.807) is 5.56 Å². The molecule has 1 saturated heterocycles. The first kappa shape index (κ1) is 14.3. The van der Waals surface area contributed by atoms with Crippen LogP contribution in [0.15, 0.2) is 54.6 Å². The van der Waals surface area contributed by atoms with E-state index in [-0.39, 0.29) is 0 Å². The lowest BCUT2D eigenvalue weighted by atomic mass is 9.79. The SMILES string of the molecule is CC(c1ccccc1)N1CC2c3c([nH]c4ccccc34)CC[C@H]2C1. The summed E-state index contributed by atoms with van der Waals surface area (Å²) < 4.78 is 0. The Bertz CT molecular complexity index is 864. The zero-order valence-electron chi connectivity index (χ0n) is 14.2. The van der Waals surface area contributed by atoms with Gasteiger partial charge in [0, 0.05) is 41.6 Å². The van der Waals surface area contributed by atoms with Gasteiger partial charge in [-0.3, -0.25) is 4.90 Å². The molecule has 1 aromatic heterocycles. The van der Waals surface area contributed by atoms with E-state index < -0.39 is 0 Å². The van der Waals surface area contributed by atoms with E-state index in [0.29, 0.717) is 12.0 Å². The van der Waals surface area contributed by atoms with Gasteiger partial charge in [-0.05, 0) is 42.9 Å². The van der Waals surface area contributed by atoms with Crippen molar-refractivity contribution in [2.24, 2.45) is 5.92 Å². The molecule has 0 saturated carbocycles. The number of aromatic nitrogens is 1. The van der Waals surface area contributed by atoms with Gasteiger partial charge in [0.2, 0.25) is 0 Å². The predicted octanol–water partition coefficient (Wildman–Crippen LogP) is 4.89. The molecule has 0 amide bonds. The summed E-state index contributed by atoms with van der Waals surface area (Å²) >= 11 is 0. The first-order valence-electron chi connectivity index (χ1n) is 9.20. The number of H-pyrrole nitrogens is 1. The Morgan fingerprint density at radius 2 is 1.79 bits per heavy atom. The second-order valence-corrected chi connectivity index (χ2v) is 7.51. The quantitative estimate of drug-likeness (QED) is 0.713. The molecule has 3 aromatic rings. The van der Waals surface area contributed by atoms with E-state index in [1.807, 2.05) is 0 Å². The minimum absolute atomic E-state index is 0.505. The maximum Gasteiger partial charge on any atom is 0.0459 e. The fourth-order valence-electron chi connectivity index (χ4n) is 4.95. The fraction of sp³-hybridized carbons (Fsp3) is 0.364. The van der Waals surface area contributed by atoms with Crippen molar-refractivity contribution in [3.8, 4) is 0 Å². The summed E-state index contributed by atoms with van der Waals surface area (Å²) in [4.78, 5) is 6.38. The molecule has 2 heteroatoms. The van der Waals surface area contributed by atoms with Crippen molar-refractivity contribution in [2.75, 3.05) is 13.1 Å². The minimum atomic E-state index is 0.505. The molecule has 3 atom stereocenters. The molecule has 2 aliphatic rings. The van der Waals surface area contributed by atoms with Gasteiger partial charge < -0.3 is 4.98 Å². The zero-order chi connectivity index (χ0) is 16.1. The number of nitrogens with one attached hydrogen (secondary N) is 1. The highest BCUT2D eigenvalue weighted by Gasteiger charge is 2.40. The fourth-order valence-corrected chi connectivity index (χ4v) is 4.95. The van der Waals surface area contributed by atoms with Gasteiger partial charge in [-0.15, -0.1) is 0 Å². The number of aromatic amines is 1. The maximum absolute atomic E-state index is 3.69. The van der Waals surface area contributed by atoms with Crippen LogP contribution in [-0.4, -0.2) is 23.0 Å². The molecule has 122 valence electrons. The van der Waals surface area contributed by atoms with Gasteiger partial charge >= 0.3 is 0 Å². The van der Waals surface area contributed by atoms with Crippen molar-refractivity contribution in [3.63, 3.8) is 0 Å². The standard InChI is InChI=1S/C22H24N2/c1-15(16-7-3-2-4-8-16)24-13-17-11-12-21-22(19(17)14-24)18-9-5-6-10-20(18)23-21/h2-10,15,17,19,23H,11-14H2,1H3/t15?,17-,19?/m0/s1. The summed E-state index contributed by atoms with van der Waals surface area (Å²) in [7, 11) is 0. The molecule has 2 aromatic carbocycles. The van der Waals surface area contributed by atoms with Crippen LogP contribution in [0.1, 0.15) is 42.1 Å². The van der Waals surface area contributed by atoms with E-state index in [1.165, 1.54) is 48.1 Å². The number of benzene rings is 2. The first-order chi connectivity index (χ1) is 11.8. The third-order valence-corrected chi connectivity index (χ3v) is 6.26. The van der Waals surface area contributed by atoms with Crippen molar-refractivity contribution < 1.29 is 0 Å². The average molecular weight is 316 g/mol. The van der Waals surface area contributed by atoms with Crippen molar-refractivity contribution in [3.05, 3.63) is 71.4 Å². The Labute approximate surface area is 143 Å². The summed E-state index contributed by atoms with van der Waals surface area (Å²) in [5.41, 5.74) is 5.87. The van der Waals surface area contributed by atoms with Gasteiger partial charge in [0.05, 0.1) is 0 Å². The van der Waals surface area contributed by atoms with Crippen molar-refractivity contribution in [1.82, 2.24) is 9.88 Å². The lowest BCUT2D eigenvalue weighted by molar-refractivity contribution is 0.250. The van der Waals surface area contributed by atoms with Crippen LogP contribution in [-0.2, 0) is 6.42 Å². The zero-order valence-corrected chi connectivity index (χ0v) is 14.2. The largest absolute Gasteiger partial charge is 0.358 e. The van der Waals surface area contributed by atoms with Crippen LogP contribution >= 0.6 is 0 Å². The summed E-state index contributed by atoms with van der Waals surface area (Å²) in [6.45, 7) is 4.79. The normalized spacial score (nSPS) is 24.7. The number of nitrogens with zero attached hydrogens (tertiary/aromatic N) is 1. The molecule has 0 radical (unpaired) electrons. The van der Waals surface area contributed by atoms with E-state index in [2.05, 4.69) is 71.4 Å². The molecule has 0 bridgehead atoms. The highest BCUT2D eigenvalue weighted by molar-refractivity contribution is 5.85. The van der Waals surface area contributed by atoms with Crippen LogP contribution in [0.5, 0.6) is 0 Å². The Morgan fingerprint density at radius 3 is 2.67 bits per heavy atom. The topological polar surface area (TPSA) is 19.0 Å². The van der Waals surface area contributed by atoms with Crippen LogP contribution in [0.25, 0.3) is 10.9 Å². The summed E-state index contributed by atoms with van der Waals surface area (Å²) in [5.74, 6) is 1.50. The lowest BCUT2D eigenvalue weighted by Crippen LogP contribution is -2.24. The van der Waals surface area contributed by atoms with Crippen LogP contribution in [0, 0.1) is 5.92 Å². The van der Waals surface area contributed by atoms with Gasteiger partial charge in [0.25, 0.3) is 0 Å². The maximum atomic E-state index is 3.69. The molecule has 1 aliphatic carbocycles. The second-order valence-electron chi connectivity index (χ2n) is 7.51. The molecule has 1 aliphatic heterocycles. The molecule has 2 heterocycles. The van der Waals surface area contributed by atoms with Gasteiger partial charge in [0.1, 0.15) is 0 Å². The Balaban J connectivity index is 1.49. The average Bonchev–Trinajstić information content (AvgIpc) is 3.22. The van der Waals surface area contributed by atoms with Crippen molar-refractivity contribution in [1.29, 1.82) is 0 Å². The Morgan fingerprint density at radius 1 is 1.00 bits per heavy atom. The molecule has 2 nitrogen and oxygen atoms in total. The molecular formula is C22H24N2. The Hall–Kier alpha value is -2.06. The lowest BCUT2D eigenvalue weighted by Gasteiger charge is -2.25. The number of para-hydroxylation sites is 1. The summed E-state index contributed by atoms with van der Waals surface area (Å²) in [6.07, 6.45) is 2.53. The molecule has 1 N–H and O–H groups in total. The van der Waals surface area contributed by atoms with E-state index in [4.69, 9.17) is 0 Å². The molecule has 2 unspecified atom stereocenters. The number of rotatable bonds is 2. The van der Waals surface area contributed by atoms with Crippen LogP contribution in [0.3, 0.4) is 0 Å². The number of hydrogen-bond acceptors (Lipinski definition) is 1. The summed E-state index contributed by atoms with van der Waals surface area (Å²) in [5, 5.41) is 1.46. The number of fused-ring (bicyclic) bond motifs is 5. The van der Waals surface area contributed by atoms with Gasteiger partial charge in [0.15, 0.2) is 0 Å². The number of aryl methyl sites for hydroxylation is 1. The smallest absolute Gasteiger partial charge is 0.0459 e.